The molecule has 0 spiro atoms. The molecule has 24 heavy (non-hydrogen) atoms. The third-order valence-electron chi connectivity index (χ3n) is 4.01. The number of amides is 4. The molecule has 1 saturated heterocycles. The minimum Gasteiger partial charge on any atom is -0.493 e. The molecule has 3 rings (SSSR count). The summed E-state index contributed by atoms with van der Waals surface area (Å²) in [7, 11) is 1.57. The summed E-state index contributed by atoms with van der Waals surface area (Å²) in [6.07, 6.45) is 0.675. The van der Waals surface area contributed by atoms with Gasteiger partial charge in [0.25, 0.3) is 0 Å². The van der Waals surface area contributed by atoms with E-state index in [0.29, 0.717) is 37.6 Å². The first kappa shape index (κ1) is 16.1. The highest BCUT2D eigenvalue weighted by molar-refractivity contribution is 6.03. The van der Waals surface area contributed by atoms with Crippen molar-refractivity contribution in [2.45, 2.75) is 13.0 Å². The summed E-state index contributed by atoms with van der Waals surface area (Å²) in [6.45, 7) is 1.18. The standard InChI is InChI=1S/C16H19N3O5/c1-23-12-5-2-4-11-8-18(6-3-7-24-15(11)12)14(21)10-19-9-13(20)17-16(19)22/h2,4-5H,3,6-10H2,1H3,(H,17,20,22). The second-order valence-electron chi connectivity index (χ2n) is 5.68. The van der Waals surface area contributed by atoms with Gasteiger partial charge in [-0.3, -0.25) is 14.9 Å². The quantitative estimate of drug-likeness (QED) is 0.807. The number of hydrogen-bond donors (Lipinski definition) is 1. The number of carbonyl (C=O) groups is 3. The van der Waals surface area contributed by atoms with Crippen molar-refractivity contribution >= 4 is 17.8 Å². The molecule has 1 N–H and O–H groups in total. The Morgan fingerprint density at radius 1 is 1.33 bits per heavy atom. The molecule has 0 unspecified atom stereocenters. The van der Waals surface area contributed by atoms with Crippen molar-refractivity contribution in [1.82, 2.24) is 15.1 Å². The van der Waals surface area contributed by atoms with Gasteiger partial charge in [0.15, 0.2) is 11.5 Å². The maximum absolute atomic E-state index is 12.6. The highest BCUT2D eigenvalue weighted by atomic mass is 16.5. The van der Waals surface area contributed by atoms with Crippen LogP contribution in [0.15, 0.2) is 18.2 Å². The first-order valence-electron chi connectivity index (χ1n) is 7.73. The van der Waals surface area contributed by atoms with Crippen LogP contribution in [-0.2, 0) is 16.1 Å². The van der Waals surface area contributed by atoms with E-state index in [1.54, 1.807) is 12.0 Å². The van der Waals surface area contributed by atoms with E-state index in [4.69, 9.17) is 9.47 Å². The Kier molecular flexibility index (Phi) is 4.54. The lowest BCUT2D eigenvalue weighted by Crippen LogP contribution is -2.42. The molecule has 1 aromatic rings. The minimum atomic E-state index is -0.522. The van der Waals surface area contributed by atoms with Gasteiger partial charge in [0, 0.05) is 18.7 Å². The van der Waals surface area contributed by atoms with Crippen LogP contribution in [-0.4, -0.2) is 61.0 Å². The van der Waals surface area contributed by atoms with Gasteiger partial charge in [-0.1, -0.05) is 12.1 Å². The van der Waals surface area contributed by atoms with Crippen LogP contribution in [0.1, 0.15) is 12.0 Å². The Labute approximate surface area is 139 Å². The van der Waals surface area contributed by atoms with Crippen LogP contribution >= 0.6 is 0 Å². The van der Waals surface area contributed by atoms with E-state index in [1.807, 2.05) is 18.2 Å². The number of nitrogens with one attached hydrogen (secondary N) is 1. The second kappa shape index (κ2) is 6.77. The van der Waals surface area contributed by atoms with Crippen LogP contribution in [0.2, 0.25) is 0 Å². The van der Waals surface area contributed by atoms with E-state index >= 15 is 0 Å². The smallest absolute Gasteiger partial charge is 0.325 e. The van der Waals surface area contributed by atoms with Crippen molar-refractivity contribution in [2.75, 3.05) is 33.4 Å². The number of imide groups is 1. The Hall–Kier alpha value is -2.77. The molecule has 1 fully saturated rings. The zero-order chi connectivity index (χ0) is 17.1. The van der Waals surface area contributed by atoms with Crippen LogP contribution in [0.25, 0.3) is 0 Å². The first-order valence-corrected chi connectivity index (χ1v) is 7.73. The Balaban J connectivity index is 1.75. The summed E-state index contributed by atoms with van der Waals surface area (Å²) in [5, 5.41) is 2.17. The average molecular weight is 333 g/mol. The fourth-order valence-corrected chi connectivity index (χ4v) is 2.81. The van der Waals surface area contributed by atoms with Crippen LogP contribution in [0.5, 0.6) is 11.5 Å². The lowest BCUT2D eigenvalue weighted by atomic mass is 10.1. The van der Waals surface area contributed by atoms with Crippen molar-refractivity contribution in [3.05, 3.63) is 23.8 Å². The van der Waals surface area contributed by atoms with Crippen molar-refractivity contribution in [2.24, 2.45) is 0 Å². The molecule has 2 aliphatic rings. The number of nitrogens with zero attached hydrogens (tertiary/aromatic N) is 2. The molecule has 2 heterocycles. The van der Waals surface area contributed by atoms with Gasteiger partial charge in [-0.2, -0.15) is 0 Å². The second-order valence-corrected chi connectivity index (χ2v) is 5.68. The third-order valence-corrected chi connectivity index (χ3v) is 4.01. The predicted octanol–water partition coefficient (Wildman–Crippen LogP) is 0.358. The number of methoxy groups -OCH3 is 1. The molecule has 4 amide bonds. The fourth-order valence-electron chi connectivity index (χ4n) is 2.81. The number of carbonyl (C=O) groups excluding carboxylic acids is 3. The van der Waals surface area contributed by atoms with Gasteiger partial charge in [0.05, 0.1) is 13.7 Å². The first-order chi connectivity index (χ1) is 11.6. The van der Waals surface area contributed by atoms with E-state index in [9.17, 15) is 14.4 Å². The van der Waals surface area contributed by atoms with E-state index in [-0.39, 0.29) is 24.9 Å². The number of ether oxygens (including phenoxy) is 2. The molecular weight excluding hydrogens is 314 g/mol. The molecular formula is C16H19N3O5. The molecule has 0 atom stereocenters. The highest BCUT2D eigenvalue weighted by Crippen LogP contribution is 2.33. The number of hydrogen-bond acceptors (Lipinski definition) is 5. The largest absolute Gasteiger partial charge is 0.493 e. The molecule has 128 valence electrons. The molecule has 0 bridgehead atoms. The summed E-state index contributed by atoms with van der Waals surface area (Å²) in [5.41, 5.74) is 0.851. The monoisotopic (exact) mass is 333 g/mol. The van der Waals surface area contributed by atoms with Crippen LogP contribution in [0.3, 0.4) is 0 Å². The highest BCUT2D eigenvalue weighted by Gasteiger charge is 2.30. The third kappa shape index (κ3) is 3.27. The lowest BCUT2D eigenvalue weighted by molar-refractivity contribution is -0.132. The Bertz CT molecular complexity index is 676. The zero-order valence-corrected chi connectivity index (χ0v) is 13.4. The van der Waals surface area contributed by atoms with Gasteiger partial charge in [0.2, 0.25) is 11.8 Å². The summed E-state index contributed by atoms with van der Waals surface area (Å²) in [5.74, 6) is 0.692. The number of para-hydroxylation sites is 1. The predicted molar refractivity (Wildman–Crippen MR) is 83.6 cm³/mol. The fraction of sp³-hybridized carbons (Fsp3) is 0.438. The molecule has 8 nitrogen and oxygen atoms in total. The number of urea groups is 1. The van der Waals surface area contributed by atoms with E-state index in [2.05, 4.69) is 5.32 Å². The van der Waals surface area contributed by atoms with Gasteiger partial charge in [-0.05, 0) is 12.5 Å². The van der Waals surface area contributed by atoms with Gasteiger partial charge in [0.1, 0.15) is 13.1 Å². The van der Waals surface area contributed by atoms with E-state index < -0.39 is 6.03 Å². The summed E-state index contributed by atoms with van der Waals surface area (Å²) < 4.78 is 11.1. The molecule has 1 aromatic carbocycles. The average Bonchev–Trinajstić information content (AvgIpc) is 2.84. The maximum Gasteiger partial charge on any atom is 0.325 e. The minimum absolute atomic E-state index is 0.0774. The summed E-state index contributed by atoms with van der Waals surface area (Å²) in [4.78, 5) is 38.3. The van der Waals surface area contributed by atoms with E-state index in [0.717, 1.165) is 5.56 Å². The number of fused-ring (bicyclic) bond motifs is 1. The summed E-state index contributed by atoms with van der Waals surface area (Å²) >= 11 is 0. The topological polar surface area (TPSA) is 88.2 Å². The SMILES string of the molecule is COc1cccc2c1OCCCN(C(=O)CN1CC(=O)NC1=O)C2. The van der Waals surface area contributed by atoms with Crippen molar-refractivity contribution in [1.29, 1.82) is 0 Å². The molecule has 0 aliphatic carbocycles. The van der Waals surface area contributed by atoms with Gasteiger partial charge < -0.3 is 19.3 Å². The molecule has 8 heteroatoms. The van der Waals surface area contributed by atoms with Gasteiger partial charge >= 0.3 is 6.03 Å². The molecule has 0 radical (unpaired) electrons. The Morgan fingerprint density at radius 2 is 2.17 bits per heavy atom. The molecule has 0 saturated carbocycles. The maximum atomic E-state index is 12.6. The van der Waals surface area contributed by atoms with Gasteiger partial charge in [-0.25, -0.2) is 4.79 Å². The lowest BCUT2D eigenvalue weighted by Gasteiger charge is -2.28. The van der Waals surface area contributed by atoms with E-state index in [1.165, 1.54) is 4.90 Å². The van der Waals surface area contributed by atoms with Gasteiger partial charge in [-0.15, -0.1) is 0 Å². The number of rotatable bonds is 3. The Morgan fingerprint density at radius 3 is 2.88 bits per heavy atom. The van der Waals surface area contributed by atoms with Crippen LogP contribution in [0, 0.1) is 0 Å². The van der Waals surface area contributed by atoms with Crippen LogP contribution < -0.4 is 14.8 Å². The molecule has 2 aliphatic heterocycles. The van der Waals surface area contributed by atoms with Crippen LogP contribution in [0.4, 0.5) is 4.79 Å². The summed E-state index contributed by atoms with van der Waals surface area (Å²) in [6, 6.07) is 5.02. The van der Waals surface area contributed by atoms with Crippen molar-refractivity contribution in [3.8, 4) is 11.5 Å². The normalized spacial score (nSPS) is 17.5. The zero-order valence-electron chi connectivity index (χ0n) is 13.4. The van der Waals surface area contributed by atoms with Crippen molar-refractivity contribution < 1.29 is 23.9 Å². The van der Waals surface area contributed by atoms with Crippen molar-refractivity contribution in [3.63, 3.8) is 0 Å². The number of benzene rings is 1. The molecule has 0 aromatic heterocycles.